The maximum absolute atomic E-state index is 12.5. The first kappa shape index (κ1) is 22.7. The molecule has 0 aliphatic rings. The molecule has 3 rings (SSSR count). The summed E-state index contributed by atoms with van der Waals surface area (Å²) in [4.78, 5) is 27.0. The molecule has 0 aliphatic carbocycles. The summed E-state index contributed by atoms with van der Waals surface area (Å²) in [5.41, 5.74) is 2.09. The van der Waals surface area contributed by atoms with Crippen molar-refractivity contribution in [3.63, 3.8) is 0 Å². The van der Waals surface area contributed by atoms with E-state index in [0.717, 1.165) is 35.5 Å². The summed E-state index contributed by atoms with van der Waals surface area (Å²) in [6, 6.07) is 24.2. The average molecular weight is 430 g/mol. The van der Waals surface area contributed by atoms with Crippen LogP contribution in [0.15, 0.2) is 88.7 Å². The van der Waals surface area contributed by atoms with Gasteiger partial charge >= 0.3 is 0 Å². The summed E-state index contributed by atoms with van der Waals surface area (Å²) in [6.45, 7) is 2.15. The Labute approximate surface area is 188 Å². The summed E-state index contributed by atoms with van der Waals surface area (Å²) in [5.74, 6) is -0.172. The van der Waals surface area contributed by atoms with Crippen molar-refractivity contribution >= 4 is 29.0 Å². The maximum atomic E-state index is 12.5. The van der Waals surface area contributed by atoms with Crippen molar-refractivity contribution in [3.05, 3.63) is 95.6 Å². The summed E-state index contributed by atoms with van der Waals surface area (Å²) in [5, 5.41) is 8.04. The zero-order valence-corrected chi connectivity index (χ0v) is 18.6. The molecule has 0 bridgehead atoms. The molecule has 3 nitrogen and oxygen atoms in total. The van der Waals surface area contributed by atoms with Gasteiger partial charge < -0.3 is 5.41 Å². The Morgan fingerprint density at radius 2 is 1.26 bits per heavy atom. The molecule has 1 N–H and O–H groups in total. The third-order valence-electron chi connectivity index (χ3n) is 5.06. The quantitative estimate of drug-likeness (QED) is 0.198. The molecule has 0 fully saturated rings. The highest BCUT2D eigenvalue weighted by atomic mass is 32.2. The van der Waals surface area contributed by atoms with Crippen LogP contribution in [0.3, 0.4) is 0 Å². The zero-order chi connectivity index (χ0) is 22.1. The minimum Gasteiger partial charge on any atom is -0.301 e. The van der Waals surface area contributed by atoms with Gasteiger partial charge in [0.25, 0.3) is 0 Å². The van der Waals surface area contributed by atoms with Crippen molar-refractivity contribution in [1.82, 2.24) is 0 Å². The van der Waals surface area contributed by atoms with Gasteiger partial charge in [-0.3, -0.25) is 9.59 Å². The molecule has 0 aromatic heterocycles. The first-order chi connectivity index (χ1) is 15.1. The maximum Gasteiger partial charge on any atom is 0.206 e. The number of carbonyl (C=O) groups excluding carboxylic acids is 2. The Hall–Kier alpha value is -2.98. The van der Waals surface area contributed by atoms with E-state index in [2.05, 4.69) is 6.92 Å². The Balaban J connectivity index is 1.58. The lowest BCUT2D eigenvalue weighted by Crippen LogP contribution is -2.12. The lowest BCUT2D eigenvalue weighted by molar-refractivity contribution is 0.103. The number of carbonyl (C=O) groups is 2. The normalized spacial score (nSPS) is 10.6. The SMILES string of the molecule is CCCCCCC(=N)C(=O)c1ccc(Sc2ccc(C(=O)c3ccccc3)cc2)cc1. The van der Waals surface area contributed by atoms with E-state index in [1.165, 1.54) is 0 Å². The average Bonchev–Trinajstić information content (AvgIpc) is 2.82. The van der Waals surface area contributed by atoms with E-state index in [0.29, 0.717) is 23.1 Å². The van der Waals surface area contributed by atoms with Crippen LogP contribution in [0.1, 0.15) is 65.3 Å². The summed E-state index contributed by atoms with van der Waals surface area (Å²) < 4.78 is 0. The van der Waals surface area contributed by atoms with Gasteiger partial charge in [0.05, 0.1) is 5.71 Å². The molecule has 0 unspecified atom stereocenters. The van der Waals surface area contributed by atoms with Gasteiger partial charge in [-0.2, -0.15) is 0 Å². The van der Waals surface area contributed by atoms with Gasteiger partial charge in [0.15, 0.2) is 5.78 Å². The van der Waals surface area contributed by atoms with Crippen LogP contribution in [-0.2, 0) is 0 Å². The van der Waals surface area contributed by atoms with Crippen molar-refractivity contribution in [2.24, 2.45) is 0 Å². The lowest BCUT2D eigenvalue weighted by atomic mass is 10.0. The molecule has 0 aliphatic heterocycles. The predicted octanol–water partition coefficient (Wildman–Crippen LogP) is 7.24. The fourth-order valence-corrected chi connectivity index (χ4v) is 4.07. The van der Waals surface area contributed by atoms with Crippen LogP contribution in [0.2, 0.25) is 0 Å². The summed E-state index contributed by atoms with van der Waals surface area (Å²) >= 11 is 1.58. The fourth-order valence-electron chi connectivity index (χ4n) is 3.26. The van der Waals surface area contributed by atoms with Crippen molar-refractivity contribution in [1.29, 1.82) is 5.41 Å². The largest absolute Gasteiger partial charge is 0.301 e. The molecule has 0 heterocycles. The van der Waals surface area contributed by atoms with Crippen LogP contribution in [-0.4, -0.2) is 17.3 Å². The minimum atomic E-state index is -0.183. The van der Waals surface area contributed by atoms with Gasteiger partial charge in [-0.1, -0.05) is 68.3 Å². The highest BCUT2D eigenvalue weighted by Crippen LogP contribution is 2.28. The predicted molar refractivity (Wildman–Crippen MR) is 128 cm³/mol. The molecule has 0 spiro atoms. The van der Waals surface area contributed by atoms with Gasteiger partial charge in [0.2, 0.25) is 5.78 Å². The Morgan fingerprint density at radius 1 is 0.710 bits per heavy atom. The molecule has 0 atom stereocenters. The minimum absolute atomic E-state index is 0.0113. The van der Waals surface area contributed by atoms with Gasteiger partial charge in [0.1, 0.15) is 0 Å². The molecule has 3 aromatic rings. The molecule has 0 saturated heterocycles. The van der Waals surface area contributed by atoms with Crippen LogP contribution >= 0.6 is 11.8 Å². The van der Waals surface area contributed by atoms with Crippen molar-refractivity contribution in [2.45, 2.75) is 48.8 Å². The van der Waals surface area contributed by atoms with E-state index < -0.39 is 0 Å². The Morgan fingerprint density at radius 3 is 1.84 bits per heavy atom. The second kappa shape index (κ2) is 11.4. The van der Waals surface area contributed by atoms with Gasteiger partial charge in [-0.05, 0) is 61.4 Å². The van der Waals surface area contributed by atoms with E-state index in [1.807, 2.05) is 66.7 Å². The van der Waals surface area contributed by atoms with Crippen LogP contribution < -0.4 is 0 Å². The second-order valence-corrected chi connectivity index (χ2v) is 8.61. The number of unbranched alkanes of at least 4 members (excludes halogenated alkanes) is 3. The van der Waals surface area contributed by atoms with Crippen molar-refractivity contribution in [3.8, 4) is 0 Å². The van der Waals surface area contributed by atoms with Crippen LogP contribution in [0.5, 0.6) is 0 Å². The highest BCUT2D eigenvalue weighted by Gasteiger charge is 2.12. The number of hydrogen-bond acceptors (Lipinski definition) is 4. The first-order valence-electron chi connectivity index (χ1n) is 10.7. The van der Waals surface area contributed by atoms with E-state index >= 15 is 0 Å². The van der Waals surface area contributed by atoms with E-state index in [4.69, 9.17) is 5.41 Å². The van der Waals surface area contributed by atoms with E-state index in [9.17, 15) is 9.59 Å². The molecular formula is C27H27NO2S. The summed E-state index contributed by atoms with van der Waals surface area (Å²) in [6.07, 6.45) is 4.80. The molecule has 0 amide bonds. The number of nitrogens with one attached hydrogen (secondary N) is 1. The third-order valence-corrected chi connectivity index (χ3v) is 6.07. The van der Waals surface area contributed by atoms with E-state index in [-0.39, 0.29) is 17.3 Å². The molecular weight excluding hydrogens is 402 g/mol. The lowest BCUT2D eigenvalue weighted by Gasteiger charge is -2.06. The van der Waals surface area contributed by atoms with Gasteiger partial charge in [-0.15, -0.1) is 0 Å². The second-order valence-electron chi connectivity index (χ2n) is 7.46. The number of benzene rings is 3. The molecule has 31 heavy (non-hydrogen) atoms. The third kappa shape index (κ3) is 6.50. The van der Waals surface area contributed by atoms with Gasteiger partial charge in [-0.25, -0.2) is 0 Å². The molecule has 3 aromatic carbocycles. The van der Waals surface area contributed by atoms with E-state index in [1.54, 1.807) is 23.9 Å². The number of hydrogen-bond donors (Lipinski definition) is 1. The number of rotatable bonds is 11. The van der Waals surface area contributed by atoms with Crippen LogP contribution in [0, 0.1) is 5.41 Å². The first-order valence-corrected chi connectivity index (χ1v) is 11.5. The van der Waals surface area contributed by atoms with Crippen molar-refractivity contribution in [2.75, 3.05) is 0 Å². The number of Topliss-reactive ketones (excluding diaryl/α,β-unsaturated/α-hetero) is 1. The summed E-state index contributed by atoms with van der Waals surface area (Å²) in [7, 11) is 0. The molecule has 0 saturated carbocycles. The molecule has 4 heteroatoms. The molecule has 158 valence electrons. The van der Waals surface area contributed by atoms with Gasteiger partial charge in [0, 0.05) is 26.5 Å². The zero-order valence-electron chi connectivity index (χ0n) is 17.8. The Kier molecular flexibility index (Phi) is 8.36. The Bertz CT molecular complexity index is 1030. The standard InChI is InChI=1S/C27H27NO2S/c1-2-3-4-8-11-25(28)27(30)22-14-18-24(19-15-22)31-23-16-12-21(13-17-23)26(29)20-9-6-5-7-10-20/h5-7,9-10,12-19,28H,2-4,8,11H2,1H3. The van der Waals surface area contributed by atoms with Crippen LogP contribution in [0.25, 0.3) is 0 Å². The monoisotopic (exact) mass is 429 g/mol. The number of ketones is 2. The van der Waals surface area contributed by atoms with Crippen molar-refractivity contribution < 1.29 is 9.59 Å². The van der Waals surface area contributed by atoms with Crippen LogP contribution in [0.4, 0.5) is 0 Å². The highest BCUT2D eigenvalue weighted by molar-refractivity contribution is 7.99. The fraction of sp³-hybridized carbons (Fsp3) is 0.222. The topological polar surface area (TPSA) is 58.0 Å². The smallest absolute Gasteiger partial charge is 0.206 e. The molecule has 0 radical (unpaired) electrons.